The van der Waals surface area contributed by atoms with E-state index in [9.17, 15) is 18.0 Å². The molecule has 0 radical (unpaired) electrons. The quantitative estimate of drug-likeness (QED) is 0.769. The number of hydrogen-bond acceptors (Lipinski definition) is 5. The first-order valence-corrected chi connectivity index (χ1v) is 9.57. The van der Waals surface area contributed by atoms with E-state index in [1.807, 2.05) is 6.92 Å². The molecule has 26 heavy (non-hydrogen) atoms. The predicted octanol–water partition coefficient (Wildman–Crippen LogP) is 2.49. The van der Waals surface area contributed by atoms with Crippen LogP contribution in [-0.2, 0) is 19.6 Å². The van der Waals surface area contributed by atoms with Crippen molar-refractivity contribution < 1.29 is 22.7 Å². The van der Waals surface area contributed by atoms with Crippen LogP contribution in [0.4, 0.5) is 0 Å². The fraction of sp³-hybridized carbons (Fsp3) is 0.263. The van der Waals surface area contributed by atoms with Crippen LogP contribution in [0.25, 0.3) is 0 Å². The van der Waals surface area contributed by atoms with Gasteiger partial charge in [-0.15, -0.1) is 0 Å². The zero-order valence-electron chi connectivity index (χ0n) is 14.5. The van der Waals surface area contributed by atoms with E-state index in [0.717, 1.165) is 15.4 Å². The van der Waals surface area contributed by atoms with Crippen LogP contribution in [0.5, 0.6) is 0 Å². The number of aryl methyl sites for hydroxylation is 1. The highest BCUT2D eigenvalue weighted by atomic mass is 32.2. The van der Waals surface area contributed by atoms with Crippen LogP contribution < -0.4 is 0 Å². The fourth-order valence-corrected chi connectivity index (χ4v) is 4.43. The number of ether oxygens (including phenoxy) is 1. The van der Waals surface area contributed by atoms with Crippen molar-refractivity contribution in [2.24, 2.45) is 0 Å². The highest BCUT2D eigenvalue weighted by Crippen LogP contribution is 2.32. The van der Waals surface area contributed by atoms with Gasteiger partial charge in [-0.1, -0.05) is 29.8 Å². The third-order valence-electron chi connectivity index (χ3n) is 4.50. The lowest BCUT2D eigenvalue weighted by atomic mass is 9.97. The molecule has 0 aliphatic carbocycles. The van der Waals surface area contributed by atoms with Gasteiger partial charge in [0.2, 0.25) is 5.91 Å². The first kappa shape index (κ1) is 18.1. The minimum atomic E-state index is -3.86. The SMILES string of the molecule is COC(=O)c1ccc([C@H]2CC(=O)N(S(=O)(=O)c3ccc(C)cc3)C2)cc1. The maximum Gasteiger partial charge on any atom is 0.337 e. The Balaban J connectivity index is 1.82. The molecule has 0 bridgehead atoms. The molecular weight excluding hydrogens is 354 g/mol. The minimum Gasteiger partial charge on any atom is -0.465 e. The van der Waals surface area contributed by atoms with E-state index >= 15 is 0 Å². The minimum absolute atomic E-state index is 0.0899. The Morgan fingerprint density at radius 3 is 2.27 bits per heavy atom. The second-order valence-electron chi connectivity index (χ2n) is 6.26. The van der Waals surface area contributed by atoms with Gasteiger partial charge in [0.05, 0.1) is 17.6 Å². The van der Waals surface area contributed by atoms with Gasteiger partial charge in [-0.2, -0.15) is 0 Å². The number of benzene rings is 2. The molecule has 136 valence electrons. The Hall–Kier alpha value is -2.67. The van der Waals surface area contributed by atoms with Crippen molar-refractivity contribution in [3.63, 3.8) is 0 Å². The lowest BCUT2D eigenvalue weighted by molar-refractivity contribution is -0.123. The molecule has 2 aromatic rings. The molecule has 0 spiro atoms. The highest BCUT2D eigenvalue weighted by Gasteiger charge is 2.38. The maximum atomic E-state index is 12.8. The molecule has 7 heteroatoms. The van der Waals surface area contributed by atoms with E-state index in [2.05, 4.69) is 4.74 Å². The molecule has 1 aliphatic heterocycles. The summed E-state index contributed by atoms with van der Waals surface area (Å²) < 4.78 is 31.1. The van der Waals surface area contributed by atoms with Crippen LogP contribution in [-0.4, -0.2) is 38.3 Å². The summed E-state index contributed by atoms with van der Waals surface area (Å²) in [5.74, 6) is -1.11. The van der Waals surface area contributed by atoms with Crippen LogP contribution in [0.2, 0.25) is 0 Å². The number of nitrogens with zero attached hydrogens (tertiary/aromatic N) is 1. The van der Waals surface area contributed by atoms with E-state index in [1.165, 1.54) is 19.2 Å². The molecule has 1 aliphatic rings. The third kappa shape index (κ3) is 3.35. The molecule has 6 nitrogen and oxygen atoms in total. The van der Waals surface area contributed by atoms with Crippen LogP contribution >= 0.6 is 0 Å². The lowest BCUT2D eigenvalue weighted by Gasteiger charge is -2.17. The summed E-state index contributed by atoms with van der Waals surface area (Å²) in [6, 6.07) is 13.1. The molecule has 1 fully saturated rings. The molecule has 0 N–H and O–H groups in total. The summed E-state index contributed by atoms with van der Waals surface area (Å²) >= 11 is 0. The van der Waals surface area contributed by atoms with Gasteiger partial charge in [-0.05, 0) is 36.8 Å². The third-order valence-corrected chi connectivity index (χ3v) is 6.30. The molecule has 0 aromatic heterocycles. The Morgan fingerprint density at radius 1 is 1.08 bits per heavy atom. The standard InChI is InChI=1S/C19H19NO5S/c1-13-3-9-17(10-4-13)26(23,24)20-12-16(11-18(20)21)14-5-7-15(8-6-14)19(22)25-2/h3-10,16H,11-12H2,1-2H3/t16-/m0/s1. The van der Waals surface area contributed by atoms with Crippen molar-refractivity contribution in [3.8, 4) is 0 Å². The molecule has 3 rings (SSSR count). The monoisotopic (exact) mass is 373 g/mol. The molecule has 1 atom stereocenters. The first-order valence-electron chi connectivity index (χ1n) is 8.13. The lowest BCUT2D eigenvalue weighted by Crippen LogP contribution is -2.32. The van der Waals surface area contributed by atoms with Crippen LogP contribution in [0.3, 0.4) is 0 Å². The van der Waals surface area contributed by atoms with Crippen molar-refractivity contribution in [1.29, 1.82) is 0 Å². The topological polar surface area (TPSA) is 80.8 Å². The van der Waals surface area contributed by atoms with Crippen LogP contribution in [0.15, 0.2) is 53.4 Å². The van der Waals surface area contributed by atoms with Gasteiger partial charge < -0.3 is 4.74 Å². The van der Waals surface area contributed by atoms with E-state index in [4.69, 9.17) is 0 Å². The van der Waals surface area contributed by atoms with Crippen LogP contribution in [0.1, 0.15) is 33.8 Å². The zero-order chi connectivity index (χ0) is 18.9. The summed E-state index contributed by atoms with van der Waals surface area (Å²) in [6.07, 6.45) is 0.114. The highest BCUT2D eigenvalue weighted by molar-refractivity contribution is 7.89. The average Bonchev–Trinajstić information content (AvgIpc) is 3.04. The Bertz CT molecular complexity index is 933. The van der Waals surface area contributed by atoms with Gasteiger partial charge in [0.1, 0.15) is 0 Å². The summed E-state index contributed by atoms with van der Waals surface area (Å²) in [5.41, 5.74) is 2.16. The largest absolute Gasteiger partial charge is 0.465 e. The van der Waals surface area contributed by atoms with E-state index in [-0.39, 0.29) is 23.8 Å². The molecule has 2 aromatic carbocycles. The summed E-state index contributed by atoms with van der Waals surface area (Å²) in [5, 5.41) is 0. The molecule has 1 heterocycles. The van der Waals surface area contributed by atoms with E-state index < -0.39 is 21.9 Å². The summed E-state index contributed by atoms with van der Waals surface area (Å²) in [4.78, 5) is 23.9. The molecule has 0 saturated carbocycles. The average molecular weight is 373 g/mol. The zero-order valence-corrected chi connectivity index (χ0v) is 15.3. The van der Waals surface area contributed by atoms with Gasteiger partial charge in [0, 0.05) is 18.9 Å². The molecule has 1 saturated heterocycles. The van der Waals surface area contributed by atoms with Gasteiger partial charge >= 0.3 is 5.97 Å². The van der Waals surface area contributed by atoms with E-state index in [0.29, 0.717) is 5.56 Å². The number of carbonyl (C=O) groups excluding carboxylic acids is 2. The van der Waals surface area contributed by atoms with Gasteiger partial charge in [0.25, 0.3) is 10.0 Å². The van der Waals surface area contributed by atoms with Crippen LogP contribution in [0, 0.1) is 6.92 Å². The van der Waals surface area contributed by atoms with E-state index in [1.54, 1.807) is 36.4 Å². The molecule has 1 amide bonds. The summed E-state index contributed by atoms with van der Waals surface area (Å²) in [6.45, 7) is 1.96. The Labute approximate surface area is 152 Å². The predicted molar refractivity (Wildman–Crippen MR) is 95.2 cm³/mol. The number of rotatable bonds is 4. The number of amides is 1. The molecule has 0 unspecified atom stereocenters. The smallest absolute Gasteiger partial charge is 0.337 e. The normalized spacial score (nSPS) is 17.4. The second-order valence-corrected chi connectivity index (χ2v) is 8.12. The van der Waals surface area contributed by atoms with Gasteiger partial charge in [-0.3, -0.25) is 4.79 Å². The number of carbonyl (C=O) groups is 2. The van der Waals surface area contributed by atoms with Crippen molar-refractivity contribution in [2.75, 3.05) is 13.7 Å². The van der Waals surface area contributed by atoms with Crippen molar-refractivity contribution in [2.45, 2.75) is 24.2 Å². The first-order chi connectivity index (χ1) is 12.3. The van der Waals surface area contributed by atoms with Crippen molar-refractivity contribution in [3.05, 3.63) is 65.2 Å². The summed E-state index contributed by atoms with van der Waals surface area (Å²) in [7, 11) is -2.56. The Kier molecular flexibility index (Phi) is 4.82. The number of methoxy groups -OCH3 is 1. The number of sulfonamides is 1. The van der Waals surface area contributed by atoms with Crippen molar-refractivity contribution in [1.82, 2.24) is 4.31 Å². The number of hydrogen-bond donors (Lipinski definition) is 0. The second kappa shape index (κ2) is 6.92. The van der Waals surface area contributed by atoms with Crippen molar-refractivity contribution >= 4 is 21.9 Å². The number of esters is 1. The van der Waals surface area contributed by atoms with Gasteiger partial charge in [0.15, 0.2) is 0 Å². The van der Waals surface area contributed by atoms with Gasteiger partial charge in [-0.25, -0.2) is 17.5 Å². The maximum absolute atomic E-state index is 12.8. The fourth-order valence-electron chi connectivity index (χ4n) is 2.98. The molecular formula is C19H19NO5S. The Morgan fingerprint density at radius 2 is 1.69 bits per heavy atom.